The second kappa shape index (κ2) is 12.5. The Morgan fingerprint density at radius 2 is 1.82 bits per heavy atom. The van der Waals surface area contributed by atoms with Gasteiger partial charge in [0.15, 0.2) is 5.82 Å². The Kier molecular flexibility index (Phi) is 8.54. The van der Waals surface area contributed by atoms with Gasteiger partial charge in [-0.3, -0.25) is 4.68 Å². The molecule has 0 radical (unpaired) electrons. The maximum absolute atomic E-state index is 13.8. The van der Waals surface area contributed by atoms with E-state index in [4.69, 9.17) is 26.2 Å². The molecular weight excluding hydrogens is 579 g/mol. The van der Waals surface area contributed by atoms with Gasteiger partial charge in [0.25, 0.3) is 0 Å². The number of nitrogens with zero attached hydrogens (tertiary/aromatic N) is 4. The van der Waals surface area contributed by atoms with E-state index in [1.54, 1.807) is 6.07 Å². The molecule has 9 heteroatoms. The number of hydrogen-bond donors (Lipinski definition) is 0. The van der Waals surface area contributed by atoms with Crippen LogP contribution in [0.5, 0.6) is 5.75 Å². The number of carbonyl (C=O) groups is 1. The van der Waals surface area contributed by atoms with Crippen LogP contribution in [0.2, 0.25) is 5.02 Å². The van der Waals surface area contributed by atoms with Gasteiger partial charge < -0.3 is 18.9 Å². The number of aryl methyl sites for hydroxylation is 3. The lowest BCUT2D eigenvalue weighted by Gasteiger charge is -2.19. The predicted octanol–water partition coefficient (Wildman–Crippen LogP) is 8.10. The second-order valence-electron chi connectivity index (χ2n) is 11.5. The van der Waals surface area contributed by atoms with Crippen LogP contribution < -0.4 is 9.64 Å². The molecule has 0 aliphatic carbocycles. The van der Waals surface area contributed by atoms with E-state index in [0.29, 0.717) is 42.5 Å². The summed E-state index contributed by atoms with van der Waals surface area (Å²) in [4.78, 5) is 15.9. The fourth-order valence-corrected chi connectivity index (χ4v) is 6.72. The number of esters is 1. The fraction of sp³-hybridized carbons (Fsp3) is 0.371. The standard InChI is InChI=1S/C35H38ClFN4O3/c1-5-43-35(42)33-26(12-10-20-44-29-13-9-11-23-21-24(37)14-15-25(23)29)27-16-17-28(36)31-30-22(2)40(4)38-34(30)39(3)18-7-6-8-19-41(33)32(27)31/h9,11,13-17,21H,5-8,10,12,18-20H2,1-4H3. The molecule has 0 N–H and O–H groups in total. The molecule has 0 bridgehead atoms. The molecule has 5 aromatic rings. The van der Waals surface area contributed by atoms with Crippen LogP contribution in [0.3, 0.4) is 0 Å². The number of carbonyl (C=O) groups excluding carboxylic acids is 1. The molecule has 6 rings (SSSR count). The first-order valence-corrected chi connectivity index (χ1v) is 15.7. The third-order valence-electron chi connectivity index (χ3n) is 8.68. The van der Waals surface area contributed by atoms with Crippen molar-refractivity contribution in [3.63, 3.8) is 0 Å². The van der Waals surface area contributed by atoms with E-state index in [9.17, 15) is 9.18 Å². The van der Waals surface area contributed by atoms with Gasteiger partial charge in [0.2, 0.25) is 0 Å². The minimum atomic E-state index is -0.326. The molecule has 0 unspecified atom stereocenters. The largest absolute Gasteiger partial charge is 0.493 e. The average molecular weight is 617 g/mol. The van der Waals surface area contributed by atoms with Crippen LogP contribution >= 0.6 is 11.6 Å². The van der Waals surface area contributed by atoms with E-state index in [-0.39, 0.29) is 18.4 Å². The Labute approximate surface area is 262 Å². The summed E-state index contributed by atoms with van der Waals surface area (Å²) in [6.45, 7) is 6.18. The monoisotopic (exact) mass is 616 g/mol. The van der Waals surface area contributed by atoms with Crippen LogP contribution in [0.1, 0.15) is 54.4 Å². The summed E-state index contributed by atoms with van der Waals surface area (Å²) in [7, 11) is 4.04. The highest BCUT2D eigenvalue weighted by atomic mass is 35.5. The van der Waals surface area contributed by atoms with Crippen molar-refractivity contribution in [3.05, 3.63) is 76.3 Å². The normalized spacial score (nSPS) is 13.6. The molecule has 0 saturated carbocycles. The van der Waals surface area contributed by atoms with Gasteiger partial charge >= 0.3 is 5.97 Å². The van der Waals surface area contributed by atoms with E-state index >= 15 is 0 Å². The number of hydrogen-bond acceptors (Lipinski definition) is 5. The van der Waals surface area contributed by atoms with Gasteiger partial charge in [0, 0.05) is 49.2 Å². The first kappa shape index (κ1) is 30.0. The summed E-state index contributed by atoms with van der Waals surface area (Å²) in [6, 6.07) is 14.3. The Hall–Kier alpha value is -4.04. The molecule has 230 valence electrons. The minimum absolute atomic E-state index is 0.275. The molecule has 0 spiro atoms. The molecule has 7 nitrogen and oxygen atoms in total. The zero-order valence-electron chi connectivity index (χ0n) is 25.8. The highest BCUT2D eigenvalue weighted by Crippen LogP contribution is 2.45. The quantitative estimate of drug-likeness (QED) is 0.137. The molecule has 1 aliphatic rings. The zero-order chi connectivity index (χ0) is 31.0. The first-order valence-electron chi connectivity index (χ1n) is 15.4. The van der Waals surface area contributed by atoms with E-state index < -0.39 is 0 Å². The van der Waals surface area contributed by atoms with Crippen molar-refractivity contribution in [1.29, 1.82) is 0 Å². The van der Waals surface area contributed by atoms with Crippen molar-refractivity contribution >= 4 is 45.1 Å². The van der Waals surface area contributed by atoms with E-state index in [0.717, 1.165) is 75.7 Å². The molecule has 1 aliphatic heterocycles. The van der Waals surface area contributed by atoms with E-state index in [2.05, 4.69) is 23.4 Å². The summed E-state index contributed by atoms with van der Waals surface area (Å²) in [5.41, 5.74) is 5.37. The lowest BCUT2D eigenvalue weighted by molar-refractivity contribution is 0.0512. The Balaban J connectivity index is 1.45. The average Bonchev–Trinajstić information content (AvgIpc) is 3.47. The van der Waals surface area contributed by atoms with Gasteiger partial charge in [-0.1, -0.05) is 29.8 Å². The number of halogens is 2. The van der Waals surface area contributed by atoms with Crippen LogP contribution in [0, 0.1) is 12.7 Å². The highest BCUT2D eigenvalue weighted by molar-refractivity contribution is 6.35. The molecule has 3 aromatic carbocycles. The molecular formula is C35H38ClFN4O3. The summed E-state index contributed by atoms with van der Waals surface area (Å²) < 4.78 is 29.7. The number of rotatable bonds is 7. The molecule has 3 heterocycles. The van der Waals surface area contributed by atoms with Crippen molar-refractivity contribution < 1.29 is 18.7 Å². The third-order valence-corrected chi connectivity index (χ3v) is 9.00. The van der Waals surface area contributed by atoms with Crippen molar-refractivity contribution in [2.75, 3.05) is 31.7 Å². The van der Waals surface area contributed by atoms with Crippen LogP contribution in [0.25, 0.3) is 32.8 Å². The topological polar surface area (TPSA) is 61.5 Å². The minimum Gasteiger partial charge on any atom is -0.493 e. The van der Waals surface area contributed by atoms with Crippen LogP contribution in [-0.4, -0.2) is 47.1 Å². The van der Waals surface area contributed by atoms with E-state index in [1.165, 1.54) is 12.1 Å². The summed E-state index contributed by atoms with van der Waals surface area (Å²) in [6.07, 6.45) is 4.23. The first-order chi connectivity index (χ1) is 21.3. The lowest BCUT2D eigenvalue weighted by Crippen LogP contribution is -2.19. The number of aromatic nitrogens is 3. The number of ether oxygens (including phenoxy) is 2. The Morgan fingerprint density at radius 1 is 1.02 bits per heavy atom. The summed E-state index contributed by atoms with van der Waals surface area (Å²) in [5, 5.41) is 8.17. The summed E-state index contributed by atoms with van der Waals surface area (Å²) >= 11 is 7.05. The molecule has 44 heavy (non-hydrogen) atoms. The van der Waals surface area contributed by atoms with Crippen LogP contribution in [0.4, 0.5) is 10.2 Å². The Bertz CT molecular complexity index is 1860. The second-order valence-corrected chi connectivity index (χ2v) is 11.9. The zero-order valence-corrected chi connectivity index (χ0v) is 26.5. The van der Waals surface area contributed by atoms with Crippen LogP contribution in [-0.2, 0) is 24.8 Å². The number of benzene rings is 3. The summed E-state index contributed by atoms with van der Waals surface area (Å²) in [5.74, 6) is 0.996. The number of fused-ring (bicyclic) bond motifs is 3. The molecule has 2 aromatic heterocycles. The Morgan fingerprint density at radius 3 is 2.64 bits per heavy atom. The molecule has 0 atom stereocenters. The van der Waals surface area contributed by atoms with Gasteiger partial charge in [0.05, 0.1) is 29.3 Å². The smallest absolute Gasteiger partial charge is 0.355 e. The van der Waals surface area contributed by atoms with Gasteiger partial charge in [0.1, 0.15) is 17.3 Å². The maximum Gasteiger partial charge on any atom is 0.355 e. The molecule has 0 fully saturated rings. The van der Waals surface area contributed by atoms with Crippen molar-refractivity contribution in [1.82, 2.24) is 14.3 Å². The van der Waals surface area contributed by atoms with Gasteiger partial charge in [-0.15, -0.1) is 0 Å². The van der Waals surface area contributed by atoms with E-state index in [1.807, 2.05) is 49.0 Å². The fourth-order valence-electron chi connectivity index (χ4n) is 6.47. The van der Waals surface area contributed by atoms with Gasteiger partial charge in [-0.05, 0) is 87.2 Å². The van der Waals surface area contributed by atoms with Crippen molar-refractivity contribution in [2.24, 2.45) is 7.05 Å². The molecule has 0 amide bonds. The maximum atomic E-state index is 13.8. The molecule has 0 saturated heterocycles. The van der Waals surface area contributed by atoms with Crippen LogP contribution in [0.15, 0.2) is 48.5 Å². The number of anilines is 1. The van der Waals surface area contributed by atoms with Gasteiger partial charge in [-0.2, -0.15) is 5.10 Å². The highest BCUT2D eigenvalue weighted by Gasteiger charge is 2.30. The predicted molar refractivity (Wildman–Crippen MR) is 175 cm³/mol. The van der Waals surface area contributed by atoms with Gasteiger partial charge in [-0.25, -0.2) is 9.18 Å². The van der Waals surface area contributed by atoms with Crippen molar-refractivity contribution in [3.8, 4) is 16.9 Å². The lowest BCUT2D eigenvalue weighted by atomic mass is 9.99. The van der Waals surface area contributed by atoms with Crippen molar-refractivity contribution in [2.45, 2.75) is 52.5 Å². The SMILES string of the molecule is CCOC(=O)c1c(CCCOc2cccc3cc(F)ccc23)c2ccc(Cl)c3c2n1CCCCCN(C)c1nn(C)c(C)c1-3. The third kappa shape index (κ3) is 5.40.